The minimum Gasteiger partial charge on any atom is -0.389 e. The molecule has 8 saturated carbocycles. The SMILES string of the molecule is C[C@H]1CC[C@]2(C)C3C[C@@H](C)[C@]4(C)[C@@H](C(=O)COS(C)(=O)=O)CC[C@]4(O)C3CC[C@@H]2C1.C[C@H]1CC[C@]2(C)C3C[C@@H](C)[C@]4(C)[C@@H](c5csc(N=C(N)N)n5)CC[C@]4(O)C3CC[C@@H]2C1.I.[HH]. The molecule has 10 nitrogen and oxygen atoms in total. The van der Waals surface area contributed by atoms with Crippen LogP contribution in [0.4, 0.5) is 5.13 Å². The van der Waals surface area contributed by atoms with Gasteiger partial charge in [0.15, 0.2) is 11.7 Å². The normalized spacial score (nSPS) is 49.2. The van der Waals surface area contributed by atoms with Crippen LogP contribution < -0.4 is 11.5 Å². The summed E-state index contributed by atoms with van der Waals surface area (Å²) in [5.74, 6) is 5.58. The van der Waals surface area contributed by atoms with Gasteiger partial charge in [0.05, 0.1) is 23.2 Å². The molecule has 8 aliphatic carbocycles. The maximum atomic E-state index is 13.0. The summed E-state index contributed by atoms with van der Waals surface area (Å²) >= 11 is 1.50. The van der Waals surface area contributed by atoms with Gasteiger partial charge in [0.25, 0.3) is 10.1 Å². The molecule has 8 fully saturated rings. The summed E-state index contributed by atoms with van der Waals surface area (Å²) in [6.07, 6.45) is 19.1. The Hall–Kier alpha value is -0.870. The van der Waals surface area contributed by atoms with Crippen LogP contribution in [-0.2, 0) is 19.1 Å². The molecular weight excluding hydrogens is 932 g/mol. The summed E-state index contributed by atoms with van der Waals surface area (Å²) in [5, 5.41) is 27.5. The lowest BCUT2D eigenvalue weighted by atomic mass is 9.41. The summed E-state index contributed by atoms with van der Waals surface area (Å²) in [6, 6.07) is 0. The highest BCUT2D eigenvalue weighted by Crippen LogP contribution is 2.73. The number of carbonyl (C=O) groups is 1. The van der Waals surface area contributed by atoms with Gasteiger partial charge in [-0.2, -0.15) is 13.4 Å². The van der Waals surface area contributed by atoms with Crippen LogP contribution >= 0.6 is 35.3 Å². The molecule has 13 heteroatoms. The third-order valence-electron chi connectivity index (χ3n) is 21.2. The highest BCUT2D eigenvalue weighted by atomic mass is 127. The van der Waals surface area contributed by atoms with E-state index in [-0.39, 0.29) is 66.2 Å². The third kappa shape index (κ3) is 7.60. The number of nitrogens with two attached hydrogens (primary N) is 2. The maximum absolute atomic E-state index is 13.0. The van der Waals surface area contributed by atoms with Crippen molar-refractivity contribution >= 4 is 62.3 Å². The third-order valence-corrected chi connectivity index (χ3v) is 22.5. The van der Waals surface area contributed by atoms with Crippen LogP contribution in [0.15, 0.2) is 10.4 Å². The van der Waals surface area contributed by atoms with E-state index in [1.807, 2.05) is 0 Å². The average molecular weight is 1020 g/mol. The van der Waals surface area contributed by atoms with E-state index in [4.69, 9.17) is 20.6 Å². The monoisotopic (exact) mass is 1010 g/mol. The van der Waals surface area contributed by atoms with Gasteiger partial charge in [-0.15, -0.1) is 35.3 Å². The van der Waals surface area contributed by atoms with Gasteiger partial charge in [-0.05, 0) is 160 Å². The second-order valence-corrected chi connectivity index (χ2v) is 26.1. The molecule has 0 radical (unpaired) electrons. The molecule has 62 heavy (non-hydrogen) atoms. The molecular formula is C49H83IN4O6S2. The summed E-state index contributed by atoms with van der Waals surface area (Å²) in [5.41, 5.74) is 10.8. The Morgan fingerprint density at radius 3 is 1.79 bits per heavy atom. The number of hydrogen-bond donors (Lipinski definition) is 4. The van der Waals surface area contributed by atoms with E-state index in [2.05, 4.69) is 65.8 Å². The minimum atomic E-state index is -3.65. The number of carbonyl (C=O) groups excluding carboxylic acids is 1. The van der Waals surface area contributed by atoms with Gasteiger partial charge < -0.3 is 21.7 Å². The van der Waals surface area contributed by atoms with Crippen molar-refractivity contribution in [3.63, 3.8) is 0 Å². The summed E-state index contributed by atoms with van der Waals surface area (Å²) in [4.78, 5) is 22.0. The second-order valence-electron chi connectivity index (χ2n) is 23.6. The molecule has 1 aromatic heterocycles. The van der Waals surface area contributed by atoms with Crippen LogP contribution in [0.3, 0.4) is 0 Å². The number of fused-ring (bicyclic) bond motifs is 10. The molecule has 4 unspecified atom stereocenters. The summed E-state index contributed by atoms with van der Waals surface area (Å²) < 4.78 is 27.6. The van der Waals surface area contributed by atoms with Crippen molar-refractivity contribution in [1.82, 2.24) is 4.98 Å². The van der Waals surface area contributed by atoms with Crippen molar-refractivity contribution in [3.8, 4) is 0 Å². The number of rotatable bonds is 6. The van der Waals surface area contributed by atoms with E-state index < -0.39 is 33.3 Å². The number of hydrogen-bond acceptors (Lipinski definition) is 9. The fourth-order valence-corrected chi connectivity index (χ4v) is 18.6. The van der Waals surface area contributed by atoms with E-state index in [9.17, 15) is 23.4 Å². The van der Waals surface area contributed by atoms with Crippen LogP contribution in [0.5, 0.6) is 0 Å². The predicted molar refractivity (Wildman–Crippen MR) is 261 cm³/mol. The first-order valence-electron chi connectivity index (χ1n) is 24.3. The largest absolute Gasteiger partial charge is 0.389 e. The Kier molecular flexibility index (Phi) is 13.5. The van der Waals surface area contributed by atoms with Gasteiger partial charge in [-0.3, -0.25) is 8.98 Å². The van der Waals surface area contributed by atoms with Crippen LogP contribution in [0.1, 0.15) is 171 Å². The molecule has 354 valence electrons. The van der Waals surface area contributed by atoms with Gasteiger partial charge in [-0.1, -0.05) is 68.2 Å². The van der Waals surface area contributed by atoms with Crippen molar-refractivity contribution in [2.45, 2.75) is 175 Å². The Morgan fingerprint density at radius 1 is 0.774 bits per heavy atom. The first-order chi connectivity index (χ1) is 28.4. The van der Waals surface area contributed by atoms with E-state index in [1.54, 1.807) is 0 Å². The molecule has 1 aromatic rings. The number of Topliss-reactive ketones (excluding diaryl/α,β-unsaturated/α-hetero) is 1. The Bertz CT molecular complexity index is 1990. The quantitative estimate of drug-likeness (QED) is 0.0934. The number of nitrogens with zero attached hydrogens (tertiary/aromatic N) is 2. The molecule has 0 saturated heterocycles. The molecule has 9 rings (SSSR count). The van der Waals surface area contributed by atoms with E-state index in [1.165, 1.54) is 75.5 Å². The number of thiazole rings is 1. The molecule has 0 amide bonds. The molecule has 6 N–H and O–H groups in total. The zero-order chi connectivity index (χ0) is 44.3. The van der Waals surface area contributed by atoms with Crippen molar-refractivity contribution < 1.29 is 29.0 Å². The lowest BCUT2D eigenvalue weighted by Crippen LogP contribution is -2.65. The highest BCUT2D eigenvalue weighted by Gasteiger charge is 2.71. The number of aliphatic hydroxyl groups is 2. The van der Waals surface area contributed by atoms with Crippen molar-refractivity contribution in [1.29, 1.82) is 0 Å². The number of aliphatic imine (C=N–C) groups is 1. The molecule has 0 bridgehead atoms. The number of halogens is 1. The van der Waals surface area contributed by atoms with Gasteiger partial charge in [0.1, 0.15) is 6.61 Å². The molecule has 0 spiro atoms. The Morgan fingerprint density at radius 2 is 1.27 bits per heavy atom. The first-order valence-corrected chi connectivity index (χ1v) is 27.0. The summed E-state index contributed by atoms with van der Waals surface area (Å²) in [7, 11) is -3.65. The molecule has 1 heterocycles. The average Bonchev–Trinajstić information content (AvgIpc) is 3.84. The Balaban J connectivity index is 0.000000203. The topological polar surface area (TPSA) is 178 Å². The van der Waals surface area contributed by atoms with Gasteiger partial charge in [0.2, 0.25) is 5.13 Å². The highest BCUT2D eigenvalue weighted by molar-refractivity contribution is 14.0. The number of ketones is 1. The number of aromatic nitrogens is 1. The van der Waals surface area contributed by atoms with Crippen LogP contribution in [0, 0.1) is 86.8 Å². The van der Waals surface area contributed by atoms with Gasteiger partial charge in [-0.25, -0.2) is 4.98 Å². The second kappa shape index (κ2) is 17.0. The van der Waals surface area contributed by atoms with Crippen LogP contribution in [0.2, 0.25) is 0 Å². The fourth-order valence-electron chi connectivity index (χ4n) is 17.5. The molecule has 8 aliphatic rings. The first kappa shape index (κ1) is 49.0. The van der Waals surface area contributed by atoms with E-state index in [0.29, 0.717) is 52.5 Å². The fraction of sp³-hybridized carbons (Fsp3) is 0.898. The predicted octanol–water partition coefficient (Wildman–Crippen LogP) is 10.2. The van der Waals surface area contributed by atoms with E-state index in [0.717, 1.165) is 61.3 Å². The maximum Gasteiger partial charge on any atom is 0.264 e. The van der Waals surface area contributed by atoms with Crippen molar-refractivity contribution in [3.05, 3.63) is 11.1 Å². The summed E-state index contributed by atoms with van der Waals surface area (Å²) in [6.45, 7) is 18.5. The smallest absolute Gasteiger partial charge is 0.264 e. The lowest BCUT2D eigenvalue weighted by Gasteiger charge is -2.65. The van der Waals surface area contributed by atoms with Gasteiger partial charge in [0, 0.05) is 29.5 Å². The van der Waals surface area contributed by atoms with E-state index >= 15 is 0 Å². The Labute approximate surface area is 396 Å². The molecule has 0 aliphatic heterocycles. The zero-order valence-electron chi connectivity index (χ0n) is 39.3. The minimum absolute atomic E-state index is 0. The van der Waals surface area contributed by atoms with Crippen LogP contribution in [0.25, 0.3) is 0 Å². The van der Waals surface area contributed by atoms with Gasteiger partial charge >= 0.3 is 0 Å². The standard InChI is InChI=1S/C25H40N4OS.C24H40O5S.HI.H2/c1-14-7-9-23(3)16(11-14)5-6-17-19(23)12-15(2)24(4)18(8-10-25(17,24)30)20-13-31-22(28-20)29-21(26)27;1-15-8-10-22(3)17(12-15)6-7-18-20(22)13-16(2)23(4)19(9-11-24(18,23)26)21(25)14-29-30(5,27)28;;/h13-19,30H,5-12H2,1-4H3,(H4,26,27,28,29);15-20,26H,6-14H2,1-5H3;2*1H/t14-,15+,16+,17?,18+,19?,23-,24+,25-;15-,16+,17+,18?,19+,20?,22-,23+,24-;;/m00../s1. The molecule has 0 aromatic carbocycles. The zero-order valence-corrected chi connectivity index (χ0v) is 43.3. The number of guanidine groups is 1. The van der Waals surface area contributed by atoms with Crippen molar-refractivity contribution in [2.75, 3.05) is 12.9 Å². The lowest BCUT2D eigenvalue weighted by molar-refractivity contribution is -0.227. The van der Waals surface area contributed by atoms with Crippen LogP contribution in [-0.4, -0.2) is 59.4 Å². The molecule has 18 atom stereocenters. The van der Waals surface area contributed by atoms with Crippen molar-refractivity contribution in [2.24, 2.45) is 103 Å².